The Morgan fingerprint density at radius 2 is 1.69 bits per heavy atom. The molecule has 1 aliphatic carbocycles. The summed E-state index contributed by atoms with van der Waals surface area (Å²) in [7, 11) is 0. The van der Waals surface area contributed by atoms with E-state index in [1.165, 1.54) is 6.07 Å². The molecule has 12 nitrogen and oxygen atoms in total. The Bertz CT molecular complexity index is 1350. The number of carbonyl (C=O) groups excluding carboxylic acids is 4. The third-order valence-electron chi connectivity index (χ3n) is 7.72. The highest BCUT2D eigenvalue weighted by Crippen LogP contribution is 2.27. The highest BCUT2D eigenvalue weighted by molar-refractivity contribution is 6.38. The lowest BCUT2D eigenvalue weighted by molar-refractivity contribution is -0.143. The first-order chi connectivity index (χ1) is 21.7. The highest BCUT2D eigenvalue weighted by atomic mass is 16.5. The van der Waals surface area contributed by atoms with Crippen LogP contribution in [0.25, 0.3) is 0 Å². The van der Waals surface area contributed by atoms with E-state index in [1.807, 2.05) is 23.5 Å². The SMILES string of the molecule is CCCCCc1ccc(C(=O)N[C@H](CC2CCCCC2)C(=O)NC(COCc2ccccc2)C(=O)C(=O)NCC(=O)O)c(=O)o1. The molecule has 12 heteroatoms. The Morgan fingerprint density at radius 3 is 2.36 bits per heavy atom. The largest absolute Gasteiger partial charge is 0.480 e. The number of ketones is 1. The number of benzene rings is 1. The van der Waals surface area contributed by atoms with E-state index in [0.29, 0.717) is 12.2 Å². The molecule has 4 N–H and O–H groups in total. The number of hydrogen-bond acceptors (Lipinski definition) is 8. The maximum atomic E-state index is 13.6. The molecule has 3 rings (SSSR count). The fourth-order valence-corrected chi connectivity index (χ4v) is 5.25. The van der Waals surface area contributed by atoms with Crippen LogP contribution in [0.1, 0.15) is 86.4 Å². The topological polar surface area (TPSA) is 181 Å². The van der Waals surface area contributed by atoms with Gasteiger partial charge in [-0.1, -0.05) is 82.2 Å². The smallest absolute Gasteiger partial charge is 0.348 e. The Labute approximate surface area is 262 Å². The van der Waals surface area contributed by atoms with Crippen molar-refractivity contribution in [2.24, 2.45) is 5.92 Å². The molecule has 1 unspecified atom stereocenters. The third kappa shape index (κ3) is 11.9. The standard InChI is InChI=1S/C33H43N3O9/c1-2-3-6-15-24-16-17-25(33(43)45-24)30(40)35-26(18-22-11-7-4-8-12-22)31(41)36-27(29(39)32(42)34-19-28(37)38)21-44-20-23-13-9-5-10-14-23/h5,9-10,13-14,16-17,22,26-27H,2-4,6-8,11-12,15,18-21H2,1H3,(H,34,42)(H,35,40)(H,36,41)(H,37,38)/t26-,27?/m1/s1. The second kappa shape index (κ2) is 18.5. The summed E-state index contributed by atoms with van der Waals surface area (Å²) in [6.45, 7) is 0.987. The van der Waals surface area contributed by atoms with Crippen LogP contribution in [0.2, 0.25) is 0 Å². The number of aliphatic carboxylic acids is 1. The molecule has 45 heavy (non-hydrogen) atoms. The number of carbonyl (C=O) groups is 5. The summed E-state index contributed by atoms with van der Waals surface area (Å²) >= 11 is 0. The van der Waals surface area contributed by atoms with Crippen LogP contribution in [-0.2, 0) is 36.9 Å². The molecule has 1 aromatic carbocycles. The van der Waals surface area contributed by atoms with E-state index in [9.17, 15) is 28.8 Å². The molecule has 2 atom stereocenters. The minimum absolute atomic E-state index is 0.0870. The molecular formula is C33H43N3O9. The van der Waals surface area contributed by atoms with E-state index in [2.05, 4.69) is 17.6 Å². The van der Waals surface area contributed by atoms with E-state index in [4.69, 9.17) is 14.3 Å². The summed E-state index contributed by atoms with van der Waals surface area (Å²) in [5.74, 6) is -4.57. The van der Waals surface area contributed by atoms with Crippen LogP contribution in [-0.4, -0.2) is 59.8 Å². The second-order valence-electron chi connectivity index (χ2n) is 11.3. The molecule has 1 heterocycles. The Kier molecular flexibility index (Phi) is 14.4. The zero-order valence-electron chi connectivity index (χ0n) is 25.7. The van der Waals surface area contributed by atoms with Crippen molar-refractivity contribution >= 4 is 29.5 Å². The van der Waals surface area contributed by atoms with Gasteiger partial charge in [0.15, 0.2) is 0 Å². The quantitative estimate of drug-likeness (QED) is 0.143. The minimum atomic E-state index is -1.46. The second-order valence-corrected chi connectivity index (χ2v) is 11.3. The van der Waals surface area contributed by atoms with E-state index in [-0.39, 0.29) is 31.1 Å². The van der Waals surface area contributed by atoms with E-state index in [1.54, 1.807) is 18.2 Å². The molecule has 244 valence electrons. The Morgan fingerprint density at radius 1 is 0.956 bits per heavy atom. The predicted octanol–water partition coefficient (Wildman–Crippen LogP) is 2.91. The van der Waals surface area contributed by atoms with Crippen LogP contribution < -0.4 is 21.6 Å². The Balaban J connectivity index is 1.77. The van der Waals surface area contributed by atoms with Crippen molar-refractivity contribution < 1.29 is 38.2 Å². The zero-order chi connectivity index (χ0) is 32.6. The summed E-state index contributed by atoms with van der Waals surface area (Å²) in [6.07, 6.45) is 8.41. The number of amides is 3. The van der Waals surface area contributed by atoms with Crippen molar-refractivity contribution in [2.45, 2.75) is 89.8 Å². The van der Waals surface area contributed by atoms with Crippen molar-refractivity contribution in [1.82, 2.24) is 16.0 Å². The van der Waals surface area contributed by atoms with Gasteiger partial charge < -0.3 is 30.2 Å². The lowest BCUT2D eigenvalue weighted by Crippen LogP contribution is -2.56. The summed E-state index contributed by atoms with van der Waals surface area (Å²) in [6, 6.07) is 9.42. The number of ether oxygens (including phenoxy) is 1. The van der Waals surface area contributed by atoms with Crippen molar-refractivity contribution in [3.05, 3.63) is 69.8 Å². The highest BCUT2D eigenvalue weighted by Gasteiger charge is 2.33. The molecular weight excluding hydrogens is 582 g/mol. The van der Waals surface area contributed by atoms with Crippen LogP contribution in [0, 0.1) is 5.92 Å². The van der Waals surface area contributed by atoms with Crippen LogP contribution in [0.4, 0.5) is 0 Å². The van der Waals surface area contributed by atoms with Gasteiger partial charge in [-0.2, -0.15) is 0 Å². The molecule has 1 saturated carbocycles. The van der Waals surface area contributed by atoms with Gasteiger partial charge in [-0.15, -0.1) is 0 Å². The van der Waals surface area contributed by atoms with Gasteiger partial charge in [0.1, 0.15) is 30.0 Å². The molecule has 0 bridgehead atoms. The summed E-state index contributed by atoms with van der Waals surface area (Å²) in [5, 5.41) is 16.1. The lowest BCUT2D eigenvalue weighted by Gasteiger charge is -2.28. The number of aryl methyl sites for hydroxylation is 1. The number of hydrogen-bond donors (Lipinski definition) is 4. The molecule has 1 aromatic heterocycles. The van der Waals surface area contributed by atoms with Crippen LogP contribution >= 0.6 is 0 Å². The van der Waals surface area contributed by atoms with Crippen LogP contribution in [0.15, 0.2) is 51.7 Å². The van der Waals surface area contributed by atoms with Gasteiger partial charge in [-0.3, -0.25) is 24.0 Å². The van der Waals surface area contributed by atoms with Crippen molar-refractivity contribution in [1.29, 1.82) is 0 Å². The number of rotatable bonds is 18. The fourth-order valence-electron chi connectivity index (χ4n) is 5.25. The molecule has 0 aliphatic heterocycles. The van der Waals surface area contributed by atoms with Gasteiger partial charge in [0.05, 0.1) is 13.2 Å². The fraction of sp³-hybridized carbons (Fsp3) is 0.515. The molecule has 0 saturated heterocycles. The molecule has 1 fully saturated rings. The predicted molar refractivity (Wildman–Crippen MR) is 164 cm³/mol. The van der Waals surface area contributed by atoms with Crippen molar-refractivity contribution in [3.63, 3.8) is 0 Å². The van der Waals surface area contributed by atoms with Crippen LogP contribution in [0.3, 0.4) is 0 Å². The van der Waals surface area contributed by atoms with Gasteiger partial charge in [0.25, 0.3) is 11.8 Å². The van der Waals surface area contributed by atoms with Gasteiger partial charge in [-0.25, -0.2) is 4.79 Å². The normalized spacial score (nSPS) is 14.6. The zero-order valence-corrected chi connectivity index (χ0v) is 25.7. The van der Waals surface area contributed by atoms with Gasteiger partial charge in [0, 0.05) is 6.42 Å². The molecule has 1 aliphatic rings. The lowest BCUT2D eigenvalue weighted by atomic mass is 9.84. The average Bonchev–Trinajstić information content (AvgIpc) is 3.03. The first-order valence-corrected chi connectivity index (χ1v) is 15.6. The van der Waals surface area contributed by atoms with Gasteiger partial charge >= 0.3 is 11.6 Å². The number of nitrogens with one attached hydrogen (secondary N) is 3. The van der Waals surface area contributed by atoms with Crippen LogP contribution in [0.5, 0.6) is 0 Å². The van der Waals surface area contributed by atoms with Gasteiger partial charge in [-0.05, 0) is 36.5 Å². The summed E-state index contributed by atoms with van der Waals surface area (Å²) < 4.78 is 11.0. The first-order valence-electron chi connectivity index (χ1n) is 15.6. The number of carboxylic acids is 1. The van der Waals surface area contributed by atoms with Crippen molar-refractivity contribution in [3.8, 4) is 0 Å². The summed E-state index contributed by atoms with van der Waals surface area (Å²) in [5.41, 5.74) is -0.263. The maximum Gasteiger partial charge on any atom is 0.348 e. The molecule has 0 spiro atoms. The van der Waals surface area contributed by atoms with E-state index >= 15 is 0 Å². The summed E-state index contributed by atoms with van der Waals surface area (Å²) in [4.78, 5) is 75.9. The van der Waals surface area contributed by atoms with E-state index in [0.717, 1.165) is 56.9 Å². The third-order valence-corrected chi connectivity index (χ3v) is 7.72. The first kappa shape index (κ1) is 35.2. The minimum Gasteiger partial charge on any atom is -0.480 e. The Hall–Kier alpha value is -4.32. The molecule has 0 radical (unpaired) electrons. The number of Topliss-reactive ketones (excluding diaryl/α,β-unsaturated/α-hetero) is 1. The number of unbranched alkanes of at least 4 members (excludes halogenated alkanes) is 2. The monoisotopic (exact) mass is 625 g/mol. The van der Waals surface area contributed by atoms with Gasteiger partial charge in [0.2, 0.25) is 11.7 Å². The molecule has 2 aromatic rings. The number of carboxylic acid groups (broad SMARTS) is 1. The average molecular weight is 626 g/mol. The van der Waals surface area contributed by atoms with E-state index < -0.39 is 53.7 Å². The van der Waals surface area contributed by atoms with Crippen molar-refractivity contribution in [2.75, 3.05) is 13.2 Å². The maximum absolute atomic E-state index is 13.6. The molecule has 3 amide bonds.